The van der Waals surface area contributed by atoms with Crippen LogP contribution < -0.4 is 5.32 Å². The van der Waals surface area contributed by atoms with Crippen molar-refractivity contribution in [1.82, 2.24) is 24.9 Å². The van der Waals surface area contributed by atoms with E-state index in [2.05, 4.69) is 34.2 Å². The lowest BCUT2D eigenvalue weighted by atomic mass is 9.78. The van der Waals surface area contributed by atoms with E-state index in [9.17, 15) is 9.18 Å². The normalized spacial score (nSPS) is 20.8. The van der Waals surface area contributed by atoms with Crippen LogP contribution >= 0.6 is 23.4 Å². The summed E-state index contributed by atoms with van der Waals surface area (Å²) in [6.07, 6.45) is 3.73. The third-order valence-electron chi connectivity index (χ3n) is 6.83. The van der Waals surface area contributed by atoms with Crippen LogP contribution in [0.4, 0.5) is 4.39 Å². The molecule has 0 bridgehead atoms. The number of rotatable bonds is 6. The number of hydrogen-bond acceptors (Lipinski definition) is 5. The fourth-order valence-corrected chi connectivity index (χ4v) is 5.41. The van der Waals surface area contributed by atoms with Crippen molar-refractivity contribution in [1.29, 1.82) is 0 Å². The molecule has 2 aromatic heterocycles. The molecule has 0 spiro atoms. The average Bonchev–Trinajstić information content (AvgIpc) is 3.18. The zero-order valence-electron chi connectivity index (χ0n) is 19.4. The van der Waals surface area contributed by atoms with Gasteiger partial charge in [-0.25, -0.2) is 13.9 Å². The Kier molecular flexibility index (Phi) is 7.24. The van der Waals surface area contributed by atoms with Gasteiger partial charge in [0.2, 0.25) is 11.1 Å². The highest BCUT2D eigenvalue weighted by Gasteiger charge is 2.28. The van der Waals surface area contributed by atoms with Crippen molar-refractivity contribution in [2.75, 3.05) is 5.75 Å². The maximum atomic E-state index is 14.3. The van der Waals surface area contributed by atoms with Crippen molar-refractivity contribution >= 4 is 35.0 Å². The minimum atomic E-state index is -0.344. The molecule has 4 rings (SSSR count). The van der Waals surface area contributed by atoms with Crippen LogP contribution in [0.15, 0.2) is 23.4 Å². The number of halogens is 2. The summed E-state index contributed by atoms with van der Waals surface area (Å²) in [6, 6.07) is 4.91. The molecule has 0 radical (unpaired) electrons. The largest absolute Gasteiger partial charge is 0.352 e. The van der Waals surface area contributed by atoms with Gasteiger partial charge < -0.3 is 5.32 Å². The van der Waals surface area contributed by atoms with Crippen molar-refractivity contribution < 1.29 is 9.18 Å². The molecule has 2 heterocycles. The molecule has 1 saturated carbocycles. The topological polar surface area (TPSA) is 72.2 Å². The first-order valence-electron chi connectivity index (χ1n) is 11.3. The fourth-order valence-electron chi connectivity index (χ4n) is 4.55. The Morgan fingerprint density at radius 1 is 1.24 bits per heavy atom. The highest BCUT2D eigenvalue weighted by atomic mass is 35.5. The number of benzene rings is 1. The maximum absolute atomic E-state index is 14.3. The summed E-state index contributed by atoms with van der Waals surface area (Å²) in [4.78, 5) is 21.6. The van der Waals surface area contributed by atoms with Crippen molar-refractivity contribution in [3.8, 4) is 0 Å². The Morgan fingerprint density at radius 3 is 2.79 bits per heavy atom. The Morgan fingerprint density at radius 2 is 2.03 bits per heavy atom. The lowest BCUT2D eigenvalue weighted by Gasteiger charge is -2.34. The lowest BCUT2D eigenvalue weighted by Crippen LogP contribution is -2.44. The molecular weight excluding hydrogens is 461 g/mol. The molecule has 1 amide bonds. The molecule has 1 aliphatic rings. The van der Waals surface area contributed by atoms with Gasteiger partial charge in [0.1, 0.15) is 5.82 Å². The smallest absolute Gasteiger partial charge is 0.253 e. The molecule has 1 aromatic carbocycles. The van der Waals surface area contributed by atoms with Gasteiger partial charge in [0.05, 0.1) is 5.75 Å². The fraction of sp³-hybridized carbons (Fsp3) is 0.500. The number of thioether (sulfide) groups is 1. The number of aryl methyl sites for hydroxylation is 2. The zero-order chi connectivity index (χ0) is 23.7. The third-order valence-corrected chi connectivity index (χ3v) is 8.02. The summed E-state index contributed by atoms with van der Waals surface area (Å²) in [5.41, 5.74) is 2.87. The third kappa shape index (κ3) is 5.17. The number of aromatic nitrogens is 4. The summed E-state index contributed by atoms with van der Waals surface area (Å²) in [5, 5.41) is 8.61. The van der Waals surface area contributed by atoms with Crippen LogP contribution in [0, 0.1) is 31.5 Å². The van der Waals surface area contributed by atoms with Crippen LogP contribution in [0.5, 0.6) is 0 Å². The molecular formula is C24H29ClFN5OS. The molecule has 1 fully saturated rings. The van der Waals surface area contributed by atoms with Gasteiger partial charge in [-0.2, -0.15) is 4.98 Å². The van der Waals surface area contributed by atoms with Gasteiger partial charge >= 0.3 is 0 Å². The molecule has 176 valence electrons. The van der Waals surface area contributed by atoms with E-state index in [4.69, 9.17) is 11.6 Å². The van der Waals surface area contributed by atoms with Gasteiger partial charge in [-0.15, -0.1) is 5.10 Å². The van der Waals surface area contributed by atoms with E-state index in [-0.39, 0.29) is 23.5 Å². The minimum Gasteiger partial charge on any atom is -0.352 e. The van der Waals surface area contributed by atoms with Crippen LogP contribution in [0.25, 0.3) is 5.78 Å². The second-order valence-electron chi connectivity index (χ2n) is 8.97. The summed E-state index contributed by atoms with van der Waals surface area (Å²) in [5.74, 6) is 1.49. The van der Waals surface area contributed by atoms with Crippen molar-refractivity contribution in [2.45, 2.75) is 64.6 Å². The molecule has 1 N–H and O–H groups in total. The van der Waals surface area contributed by atoms with E-state index >= 15 is 0 Å². The number of hydrogen-bond donors (Lipinski definition) is 1. The first-order valence-corrected chi connectivity index (χ1v) is 12.7. The number of carbonyl (C=O) groups excluding carboxylic acids is 1. The van der Waals surface area contributed by atoms with Crippen LogP contribution in [0.3, 0.4) is 0 Å². The van der Waals surface area contributed by atoms with Crippen molar-refractivity contribution in [3.63, 3.8) is 0 Å². The summed E-state index contributed by atoms with van der Waals surface area (Å²) >= 11 is 7.53. The Balaban J connectivity index is 1.48. The highest BCUT2D eigenvalue weighted by Crippen LogP contribution is 2.30. The van der Waals surface area contributed by atoms with E-state index < -0.39 is 0 Å². The monoisotopic (exact) mass is 489 g/mol. The molecule has 33 heavy (non-hydrogen) atoms. The zero-order valence-corrected chi connectivity index (χ0v) is 20.9. The van der Waals surface area contributed by atoms with Gasteiger partial charge in [-0.1, -0.05) is 56.1 Å². The Labute approximate surface area is 202 Å². The second-order valence-corrected chi connectivity index (χ2v) is 10.3. The van der Waals surface area contributed by atoms with E-state index in [1.165, 1.54) is 24.2 Å². The molecule has 6 nitrogen and oxygen atoms in total. The van der Waals surface area contributed by atoms with Crippen LogP contribution in [0.1, 0.15) is 55.6 Å². The van der Waals surface area contributed by atoms with E-state index in [0.717, 1.165) is 29.8 Å². The van der Waals surface area contributed by atoms with Gasteiger partial charge in [-0.3, -0.25) is 4.79 Å². The standard InChI is InChI=1S/C24H29ClFN5OS/c1-13-7-5-10-21(14(13)2)28-22(32)12-33-24-29-23-27-15(3)17(16(4)31(23)30-24)11-18-19(25)8-6-9-20(18)26/h6,8-9,13-14,21H,5,7,10-12H2,1-4H3,(H,28,32). The lowest BCUT2D eigenvalue weighted by molar-refractivity contribution is -0.120. The Bertz CT molecular complexity index is 1160. The number of nitrogens with one attached hydrogen (secondary N) is 1. The predicted molar refractivity (Wildman–Crippen MR) is 129 cm³/mol. The van der Waals surface area contributed by atoms with Crippen LogP contribution in [-0.2, 0) is 11.2 Å². The van der Waals surface area contributed by atoms with Gasteiger partial charge in [0, 0.05) is 34.4 Å². The molecule has 1 aliphatic carbocycles. The number of carbonyl (C=O) groups is 1. The number of amides is 1. The SMILES string of the molecule is Cc1nc2nc(SCC(=O)NC3CCCC(C)C3C)nn2c(C)c1Cc1c(F)cccc1Cl. The first-order chi connectivity index (χ1) is 15.7. The first kappa shape index (κ1) is 24.0. The van der Waals surface area contributed by atoms with Crippen LogP contribution in [-0.4, -0.2) is 37.3 Å². The molecule has 3 unspecified atom stereocenters. The number of nitrogens with zero attached hydrogens (tertiary/aromatic N) is 4. The van der Waals surface area contributed by atoms with E-state index in [0.29, 0.717) is 39.8 Å². The molecule has 0 saturated heterocycles. The van der Waals surface area contributed by atoms with Crippen molar-refractivity contribution in [3.05, 3.63) is 51.6 Å². The highest BCUT2D eigenvalue weighted by molar-refractivity contribution is 7.99. The number of fused-ring (bicyclic) bond motifs is 1. The van der Waals surface area contributed by atoms with Gasteiger partial charge in [0.25, 0.3) is 5.78 Å². The molecule has 3 aromatic rings. The maximum Gasteiger partial charge on any atom is 0.253 e. The van der Waals surface area contributed by atoms with E-state index in [1.54, 1.807) is 16.6 Å². The summed E-state index contributed by atoms with van der Waals surface area (Å²) in [6.45, 7) is 8.25. The molecule has 9 heteroatoms. The molecule has 3 atom stereocenters. The minimum absolute atomic E-state index is 0.000511. The summed E-state index contributed by atoms with van der Waals surface area (Å²) in [7, 11) is 0. The van der Waals surface area contributed by atoms with Gasteiger partial charge in [0.15, 0.2) is 0 Å². The second kappa shape index (κ2) is 9.97. The van der Waals surface area contributed by atoms with Crippen molar-refractivity contribution in [2.24, 2.45) is 11.8 Å². The quantitative estimate of drug-likeness (QED) is 0.484. The van der Waals surface area contributed by atoms with E-state index in [1.807, 2.05) is 13.8 Å². The van der Waals surface area contributed by atoms with Crippen LogP contribution in [0.2, 0.25) is 5.02 Å². The van der Waals surface area contributed by atoms with Gasteiger partial charge in [-0.05, 0) is 49.8 Å². The Hall–Kier alpha value is -2.19. The predicted octanol–water partition coefficient (Wildman–Crippen LogP) is 5.16. The molecule has 0 aliphatic heterocycles. The summed E-state index contributed by atoms with van der Waals surface area (Å²) < 4.78 is 16.0. The average molecular weight is 490 g/mol.